The summed E-state index contributed by atoms with van der Waals surface area (Å²) in [5, 5.41) is 9.22. The molecule has 0 radical (unpaired) electrons. The average Bonchev–Trinajstić information content (AvgIpc) is 3.34. The number of nitrogens with two attached hydrogens (primary N) is 2. The number of hydrogen-bond donors (Lipinski definition) is 5. The Morgan fingerprint density at radius 1 is 0.609 bits per heavy atom. The van der Waals surface area contributed by atoms with Crippen molar-refractivity contribution in [1.29, 1.82) is 0 Å². The van der Waals surface area contributed by atoms with E-state index in [2.05, 4.69) is 45.9 Å². The van der Waals surface area contributed by atoms with Crippen LogP contribution in [0.5, 0.6) is 0 Å². The maximum Gasteiger partial charge on any atom is 0.236 e. The summed E-state index contributed by atoms with van der Waals surface area (Å²) < 4.78 is 0. The molecule has 0 unspecified atom stereocenters. The summed E-state index contributed by atoms with van der Waals surface area (Å²) in [6.45, 7) is 0. The van der Waals surface area contributed by atoms with E-state index in [0.29, 0.717) is 24.0 Å². The van der Waals surface area contributed by atoms with Gasteiger partial charge in [0.15, 0.2) is 0 Å². The molecule has 0 spiro atoms. The molecular formula is C12H17N11. The molecule has 23 heavy (non-hydrogen) atoms. The van der Waals surface area contributed by atoms with Crippen LogP contribution in [0.25, 0.3) is 0 Å². The molecule has 4 rings (SSSR count). The van der Waals surface area contributed by atoms with E-state index in [-0.39, 0.29) is 23.8 Å². The summed E-state index contributed by atoms with van der Waals surface area (Å²) in [5.41, 5.74) is 11.4. The maximum absolute atomic E-state index is 5.71. The van der Waals surface area contributed by atoms with Crippen molar-refractivity contribution < 1.29 is 0 Å². The standard InChI is InChI=1S/C12H17N11/c13-7-17-9(15-5-1-2-5)21-11(19-7)23-12-20-8(14)18-10(22-12)16-6-3-4-6/h5-6H,1-4H2,(H7,13,14,15,16,17,18,19,20,21,22,23). The molecule has 2 aliphatic carbocycles. The highest BCUT2D eigenvalue weighted by molar-refractivity contribution is 5.51. The van der Waals surface area contributed by atoms with Crippen LogP contribution < -0.4 is 27.4 Å². The Morgan fingerprint density at radius 3 is 1.39 bits per heavy atom. The summed E-state index contributed by atoms with van der Waals surface area (Å²) in [7, 11) is 0. The third-order valence-electron chi connectivity index (χ3n) is 3.35. The van der Waals surface area contributed by atoms with Gasteiger partial charge in [-0.15, -0.1) is 0 Å². The molecule has 2 aliphatic rings. The van der Waals surface area contributed by atoms with E-state index in [1.165, 1.54) is 0 Å². The van der Waals surface area contributed by atoms with Gasteiger partial charge < -0.3 is 22.1 Å². The monoisotopic (exact) mass is 315 g/mol. The molecule has 0 aromatic carbocycles. The van der Waals surface area contributed by atoms with Crippen molar-refractivity contribution in [2.45, 2.75) is 37.8 Å². The van der Waals surface area contributed by atoms with Crippen molar-refractivity contribution in [3.05, 3.63) is 0 Å². The Morgan fingerprint density at radius 2 is 1.00 bits per heavy atom. The number of nitrogens with one attached hydrogen (secondary N) is 3. The van der Waals surface area contributed by atoms with Gasteiger partial charge in [-0.2, -0.15) is 29.9 Å². The molecule has 0 aliphatic heterocycles. The number of anilines is 6. The van der Waals surface area contributed by atoms with Crippen LogP contribution in [-0.2, 0) is 0 Å². The highest BCUT2D eigenvalue weighted by Crippen LogP contribution is 2.25. The minimum atomic E-state index is 0.115. The van der Waals surface area contributed by atoms with Gasteiger partial charge in [-0.25, -0.2) is 0 Å². The first-order chi connectivity index (χ1) is 11.1. The Hall–Kier alpha value is -2.98. The predicted molar refractivity (Wildman–Crippen MR) is 85.1 cm³/mol. The zero-order chi connectivity index (χ0) is 15.8. The van der Waals surface area contributed by atoms with Crippen molar-refractivity contribution in [3.8, 4) is 0 Å². The van der Waals surface area contributed by atoms with Crippen LogP contribution >= 0.6 is 0 Å². The van der Waals surface area contributed by atoms with Gasteiger partial charge in [0.2, 0.25) is 35.7 Å². The van der Waals surface area contributed by atoms with Crippen LogP contribution in [0.3, 0.4) is 0 Å². The zero-order valence-electron chi connectivity index (χ0n) is 12.3. The second-order valence-electron chi connectivity index (χ2n) is 5.64. The van der Waals surface area contributed by atoms with Gasteiger partial charge in [0.25, 0.3) is 0 Å². The van der Waals surface area contributed by atoms with Crippen molar-refractivity contribution in [2.75, 3.05) is 27.4 Å². The summed E-state index contributed by atoms with van der Waals surface area (Å²) in [6, 6.07) is 0.818. The van der Waals surface area contributed by atoms with E-state index < -0.39 is 0 Å². The minimum Gasteiger partial charge on any atom is -0.368 e. The van der Waals surface area contributed by atoms with Gasteiger partial charge in [-0.05, 0) is 25.7 Å². The molecule has 0 saturated heterocycles. The highest BCUT2D eigenvalue weighted by atomic mass is 15.3. The summed E-state index contributed by atoms with van der Waals surface area (Å²) >= 11 is 0. The molecular weight excluding hydrogens is 298 g/mol. The Labute approximate surface area is 131 Å². The van der Waals surface area contributed by atoms with E-state index in [1.54, 1.807) is 0 Å². The molecule has 0 bridgehead atoms. The third-order valence-corrected chi connectivity index (χ3v) is 3.35. The van der Waals surface area contributed by atoms with Gasteiger partial charge >= 0.3 is 0 Å². The molecule has 120 valence electrons. The van der Waals surface area contributed by atoms with E-state index in [9.17, 15) is 0 Å². The smallest absolute Gasteiger partial charge is 0.236 e. The molecule has 0 amide bonds. The molecule has 2 fully saturated rings. The summed E-state index contributed by atoms with van der Waals surface area (Å²) in [4.78, 5) is 24.7. The Balaban J connectivity index is 1.54. The fourth-order valence-electron chi connectivity index (χ4n) is 1.95. The molecule has 7 N–H and O–H groups in total. The van der Waals surface area contributed by atoms with Crippen LogP contribution in [0.1, 0.15) is 25.7 Å². The third kappa shape index (κ3) is 3.62. The molecule has 2 saturated carbocycles. The van der Waals surface area contributed by atoms with Gasteiger partial charge in [0, 0.05) is 12.1 Å². The molecule has 2 aromatic rings. The van der Waals surface area contributed by atoms with Crippen molar-refractivity contribution >= 4 is 35.7 Å². The maximum atomic E-state index is 5.71. The van der Waals surface area contributed by atoms with E-state index in [4.69, 9.17) is 11.5 Å². The lowest BCUT2D eigenvalue weighted by atomic mass is 10.6. The van der Waals surface area contributed by atoms with Crippen LogP contribution in [0.2, 0.25) is 0 Å². The van der Waals surface area contributed by atoms with Gasteiger partial charge in [-0.1, -0.05) is 0 Å². The normalized spacial score (nSPS) is 16.9. The van der Waals surface area contributed by atoms with Crippen molar-refractivity contribution in [1.82, 2.24) is 29.9 Å². The second kappa shape index (κ2) is 5.34. The highest BCUT2D eigenvalue weighted by Gasteiger charge is 2.23. The fourth-order valence-corrected chi connectivity index (χ4v) is 1.95. The fraction of sp³-hybridized carbons (Fsp3) is 0.500. The van der Waals surface area contributed by atoms with Crippen LogP contribution in [-0.4, -0.2) is 42.0 Å². The largest absolute Gasteiger partial charge is 0.368 e. The Kier molecular flexibility index (Phi) is 3.17. The Bertz CT molecular complexity index is 663. The topological polar surface area (TPSA) is 165 Å². The SMILES string of the molecule is Nc1nc(Nc2nc(N)nc(NC3CC3)n2)nc(NC2CC2)n1. The first-order valence-electron chi connectivity index (χ1n) is 7.47. The second-order valence-corrected chi connectivity index (χ2v) is 5.64. The number of nitrogen functional groups attached to an aromatic ring is 2. The molecule has 0 atom stereocenters. The van der Waals surface area contributed by atoms with Gasteiger partial charge in [0.1, 0.15) is 0 Å². The first kappa shape index (κ1) is 13.7. The summed E-state index contributed by atoms with van der Waals surface area (Å²) in [6.07, 6.45) is 4.42. The van der Waals surface area contributed by atoms with Crippen LogP contribution in [0, 0.1) is 0 Å². The molecule has 11 heteroatoms. The van der Waals surface area contributed by atoms with Gasteiger partial charge in [-0.3, -0.25) is 5.32 Å². The van der Waals surface area contributed by atoms with E-state index >= 15 is 0 Å². The van der Waals surface area contributed by atoms with E-state index in [0.717, 1.165) is 25.7 Å². The lowest BCUT2D eigenvalue weighted by molar-refractivity contribution is 0.989. The predicted octanol–water partition coefficient (Wildman–Crippen LogP) is 0.113. The first-order valence-corrected chi connectivity index (χ1v) is 7.47. The zero-order valence-corrected chi connectivity index (χ0v) is 12.3. The summed E-state index contributed by atoms with van der Waals surface area (Å²) in [5.74, 6) is 1.60. The number of rotatable bonds is 6. The van der Waals surface area contributed by atoms with Crippen molar-refractivity contribution in [3.63, 3.8) is 0 Å². The average molecular weight is 315 g/mol. The molecule has 2 aromatic heterocycles. The lowest BCUT2D eigenvalue weighted by Crippen LogP contribution is -2.13. The lowest BCUT2D eigenvalue weighted by Gasteiger charge is -2.09. The van der Waals surface area contributed by atoms with Crippen molar-refractivity contribution in [2.24, 2.45) is 0 Å². The van der Waals surface area contributed by atoms with Crippen LogP contribution in [0.15, 0.2) is 0 Å². The van der Waals surface area contributed by atoms with Crippen LogP contribution in [0.4, 0.5) is 35.7 Å². The number of nitrogens with zero attached hydrogens (tertiary/aromatic N) is 6. The van der Waals surface area contributed by atoms with E-state index in [1.807, 2.05) is 0 Å². The quantitative estimate of drug-likeness (QED) is 0.491. The minimum absolute atomic E-state index is 0.115. The number of hydrogen-bond acceptors (Lipinski definition) is 11. The number of aromatic nitrogens is 6. The molecule has 11 nitrogen and oxygen atoms in total. The van der Waals surface area contributed by atoms with Gasteiger partial charge in [0.05, 0.1) is 0 Å². The molecule has 2 heterocycles.